The molecule has 1 aromatic heterocycles. The fourth-order valence-corrected chi connectivity index (χ4v) is 3.73. The quantitative estimate of drug-likeness (QED) is 0.610. The van der Waals surface area contributed by atoms with Crippen molar-refractivity contribution in [2.45, 2.75) is 20.8 Å². The van der Waals surface area contributed by atoms with Crippen molar-refractivity contribution in [1.82, 2.24) is 9.88 Å². The summed E-state index contributed by atoms with van der Waals surface area (Å²) in [5.74, 6) is -0.881. The number of nitrogens with zero attached hydrogens (tertiary/aromatic N) is 1. The highest BCUT2D eigenvalue weighted by Gasteiger charge is 2.31. The molecule has 27 heavy (non-hydrogen) atoms. The number of carbonyl (C=O) groups excluding carboxylic acids is 2. The van der Waals surface area contributed by atoms with E-state index in [0.29, 0.717) is 15.7 Å². The largest absolute Gasteiger partial charge is 0.465 e. The van der Waals surface area contributed by atoms with Gasteiger partial charge >= 0.3 is 5.97 Å². The zero-order chi connectivity index (χ0) is 19.9. The van der Waals surface area contributed by atoms with Crippen molar-refractivity contribution in [2.24, 2.45) is 0 Å². The number of ether oxygens (including phenoxy) is 1. The minimum Gasteiger partial charge on any atom is -0.465 e. The van der Waals surface area contributed by atoms with Crippen LogP contribution in [0.5, 0.6) is 0 Å². The number of hydrogen-bond donors (Lipinski definition) is 1. The van der Waals surface area contributed by atoms with Crippen LogP contribution >= 0.6 is 23.2 Å². The number of allylic oxidation sites excluding steroid dienone is 1. The van der Waals surface area contributed by atoms with Gasteiger partial charge in [-0.1, -0.05) is 23.2 Å². The predicted octanol–water partition coefficient (Wildman–Crippen LogP) is 4.36. The van der Waals surface area contributed by atoms with Crippen molar-refractivity contribution in [3.05, 3.63) is 68.1 Å². The molecule has 7 heteroatoms. The highest BCUT2D eigenvalue weighted by atomic mass is 35.5. The summed E-state index contributed by atoms with van der Waals surface area (Å²) in [5, 5.41) is 3.75. The van der Waals surface area contributed by atoms with Crippen molar-refractivity contribution < 1.29 is 14.3 Å². The van der Waals surface area contributed by atoms with E-state index in [9.17, 15) is 9.59 Å². The molecule has 1 aromatic carbocycles. The van der Waals surface area contributed by atoms with E-state index in [1.54, 1.807) is 25.1 Å². The van der Waals surface area contributed by atoms with Gasteiger partial charge in [-0.05, 0) is 56.7 Å². The lowest BCUT2D eigenvalue weighted by Crippen LogP contribution is -2.15. The van der Waals surface area contributed by atoms with Crippen LogP contribution in [0.3, 0.4) is 0 Å². The minimum atomic E-state index is -0.549. The molecular formula is C20H18Cl2N2O3. The van der Waals surface area contributed by atoms with E-state index >= 15 is 0 Å². The zero-order valence-corrected chi connectivity index (χ0v) is 16.8. The molecule has 0 atom stereocenters. The molecule has 0 aliphatic carbocycles. The van der Waals surface area contributed by atoms with Crippen LogP contribution in [-0.2, 0) is 14.3 Å². The van der Waals surface area contributed by atoms with Gasteiger partial charge in [-0.25, -0.2) is 4.79 Å². The lowest BCUT2D eigenvalue weighted by atomic mass is 10.0. The van der Waals surface area contributed by atoms with Crippen LogP contribution in [0.1, 0.15) is 23.9 Å². The Bertz CT molecular complexity index is 1030. The lowest BCUT2D eigenvalue weighted by molar-refractivity contribution is -0.136. The molecule has 1 N–H and O–H groups in total. The minimum absolute atomic E-state index is 0.247. The van der Waals surface area contributed by atoms with Crippen LogP contribution in [0, 0.1) is 13.8 Å². The van der Waals surface area contributed by atoms with Crippen LogP contribution in [0.15, 0.2) is 41.1 Å². The number of carbonyl (C=O) groups is 2. The second-order valence-corrected chi connectivity index (χ2v) is 7.10. The van der Waals surface area contributed by atoms with Crippen molar-refractivity contribution in [3.8, 4) is 5.69 Å². The first kappa shape index (κ1) is 19.3. The third-order valence-corrected chi connectivity index (χ3v) is 5.04. The van der Waals surface area contributed by atoms with Gasteiger partial charge in [0.15, 0.2) is 0 Å². The molecule has 140 valence electrons. The Labute approximate surface area is 167 Å². The van der Waals surface area contributed by atoms with Gasteiger partial charge < -0.3 is 14.6 Å². The number of hydrogen-bond acceptors (Lipinski definition) is 3. The Hall–Kier alpha value is -2.50. The monoisotopic (exact) mass is 404 g/mol. The van der Waals surface area contributed by atoms with Crippen LogP contribution < -0.4 is 5.32 Å². The normalized spacial score (nSPS) is 15.5. The molecule has 0 saturated heterocycles. The number of aryl methyl sites for hydroxylation is 1. The molecule has 0 unspecified atom stereocenters. The average Bonchev–Trinajstić information content (AvgIpc) is 3.03. The molecule has 0 radical (unpaired) electrons. The number of esters is 1. The van der Waals surface area contributed by atoms with Gasteiger partial charge in [0.25, 0.3) is 5.91 Å². The average molecular weight is 405 g/mol. The Kier molecular flexibility index (Phi) is 5.18. The maximum Gasteiger partial charge on any atom is 0.340 e. The number of benzene rings is 1. The number of amides is 1. The second-order valence-electron chi connectivity index (χ2n) is 6.26. The maximum absolute atomic E-state index is 12.3. The fourth-order valence-electron chi connectivity index (χ4n) is 3.24. The van der Waals surface area contributed by atoms with Gasteiger partial charge in [0.2, 0.25) is 0 Å². The standard InChI is InChI=1S/C20H18Cl2N2O3/c1-10-7-13(8-15-18(20(26)27-4)11(2)23-19(15)25)12(3)24(10)17-6-5-14(21)9-16(17)22/h5-9H,1-4H3,(H,23,25)/b15-8-. The summed E-state index contributed by atoms with van der Waals surface area (Å²) in [7, 11) is 1.29. The lowest BCUT2D eigenvalue weighted by Gasteiger charge is -2.12. The zero-order valence-electron chi connectivity index (χ0n) is 15.3. The van der Waals surface area contributed by atoms with E-state index in [1.165, 1.54) is 7.11 Å². The highest BCUT2D eigenvalue weighted by Crippen LogP contribution is 2.31. The molecule has 1 amide bonds. The Morgan fingerprint density at radius 1 is 1.19 bits per heavy atom. The highest BCUT2D eigenvalue weighted by molar-refractivity contribution is 6.35. The first-order valence-electron chi connectivity index (χ1n) is 8.21. The summed E-state index contributed by atoms with van der Waals surface area (Å²) >= 11 is 12.4. The number of halogens is 2. The van der Waals surface area contributed by atoms with Crippen molar-refractivity contribution in [2.75, 3.05) is 7.11 Å². The van der Waals surface area contributed by atoms with Crippen molar-refractivity contribution in [3.63, 3.8) is 0 Å². The summed E-state index contributed by atoms with van der Waals surface area (Å²) in [4.78, 5) is 24.4. The SMILES string of the molecule is COC(=O)C1=C(C)NC(=O)/C1=C\c1cc(C)n(-c2ccc(Cl)cc2Cl)c1C. The maximum atomic E-state index is 12.3. The van der Waals surface area contributed by atoms with Gasteiger partial charge in [-0.15, -0.1) is 0 Å². The number of methoxy groups -OCH3 is 1. The van der Waals surface area contributed by atoms with Crippen molar-refractivity contribution in [1.29, 1.82) is 0 Å². The Balaban J connectivity index is 2.13. The van der Waals surface area contributed by atoms with Gasteiger partial charge in [0.05, 0.1) is 29.0 Å². The summed E-state index contributed by atoms with van der Waals surface area (Å²) in [6.07, 6.45) is 1.70. The van der Waals surface area contributed by atoms with E-state index < -0.39 is 5.97 Å². The van der Waals surface area contributed by atoms with E-state index in [1.807, 2.05) is 30.5 Å². The molecule has 0 saturated carbocycles. The van der Waals surface area contributed by atoms with Crippen LogP contribution in [0.4, 0.5) is 0 Å². The molecule has 2 heterocycles. The first-order valence-corrected chi connectivity index (χ1v) is 8.97. The third kappa shape index (κ3) is 3.40. The molecule has 1 aliphatic heterocycles. The molecule has 0 spiro atoms. The van der Waals surface area contributed by atoms with Gasteiger partial charge in [-0.3, -0.25) is 4.79 Å². The summed E-state index contributed by atoms with van der Waals surface area (Å²) < 4.78 is 6.79. The molecule has 1 aliphatic rings. The Morgan fingerprint density at radius 3 is 2.52 bits per heavy atom. The molecule has 3 rings (SSSR count). The molecule has 0 bridgehead atoms. The molecular weight excluding hydrogens is 387 g/mol. The number of nitrogens with one attached hydrogen (secondary N) is 1. The van der Waals surface area contributed by atoms with Crippen LogP contribution in [0.2, 0.25) is 10.0 Å². The molecule has 2 aromatic rings. The summed E-state index contributed by atoms with van der Waals surface area (Å²) in [6.45, 7) is 5.53. The second kappa shape index (κ2) is 7.25. The smallest absolute Gasteiger partial charge is 0.340 e. The van der Waals surface area contributed by atoms with E-state index in [-0.39, 0.29) is 17.1 Å². The first-order chi connectivity index (χ1) is 12.7. The van der Waals surface area contributed by atoms with Crippen LogP contribution in [0.25, 0.3) is 11.8 Å². The van der Waals surface area contributed by atoms with E-state index in [2.05, 4.69) is 5.32 Å². The predicted molar refractivity (Wildman–Crippen MR) is 106 cm³/mol. The van der Waals surface area contributed by atoms with Gasteiger partial charge in [-0.2, -0.15) is 0 Å². The summed E-state index contributed by atoms with van der Waals surface area (Å²) in [5.41, 5.74) is 4.41. The molecule has 0 fully saturated rings. The fraction of sp³-hybridized carbons (Fsp3) is 0.200. The van der Waals surface area contributed by atoms with Crippen LogP contribution in [-0.4, -0.2) is 23.6 Å². The Morgan fingerprint density at radius 2 is 1.89 bits per heavy atom. The van der Waals surface area contributed by atoms with Gasteiger partial charge in [0.1, 0.15) is 0 Å². The van der Waals surface area contributed by atoms with E-state index in [0.717, 1.165) is 22.6 Å². The number of rotatable bonds is 3. The molecule has 5 nitrogen and oxygen atoms in total. The van der Waals surface area contributed by atoms with Gasteiger partial charge in [0, 0.05) is 22.1 Å². The number of aromatic nitrogens is 1. The topological polar surface area (TPSA) is 60.3 Å². The van der Waals surface area contributed by atoms with Crippen molar-refractivity contribution >= 4 is 41.2 Å². The summed E-state index contributed by atoms with van der Waals surface area (Å²) in [6, 6.07) is 7.23. The third-order valence-electron chi connectivity index (χ3n) is 4.50. The van der Waals surface area contributed by atoms with E-state index in [4.69, 9.17) is 27.9 Å².